The van der Waals surface area contributed by atoms with E-state index in [1.165, 1.54) is 5.56 Å². The van der Waals surface area contributed by atoms with Crippen LogP contribution in [-0.4, -0.2) is 15.1 Å². The molecule has 0 fully saturated rings. The van der Waals surface area contributed by atoms with Crippen LogP contribution in [-0.2, 0) is 6.42 Å². The monoisotopic (exact) mass is 254 g/mol. The number of fused-ring (bicyclic) bond motifs is 1. The van der Waals surface area contributed by atoms with Crippen molar-refractivity contribution in [2.45, 2.75) is 38.2 Å². The van der Waals surface area contributed by atoms with E-state index in [0.29, 0.717) is 0 Å². The van der Waals surface area contributed by atoms with Crippen LogP contribution >= 0.6 is 0 Å². The van der Waals surface area contributed by atoms with Crippen molar-refractivity contribution in [3.05, 3.63) is 59.2 Å². The van der Waals surface area contributed by atoms with Gasteiger partial charge in [0.15, 0.2) is 0 Å². The lowest BCUT2D eigenvalue weighted by Gasteiger charge is -2.28. The summed E-state index contributed by atoms with van der Waals surface area (Å²) in [5, 5.41) is 10.6. The predicted molar refractivity (Wildman–Crippen MR) is 73.8 cm³/mol. The van der Waals surface area contributed by atoms with Gasteiger partial charge < -0.3 is 5.11 Å². The Bertz CT molecular complexity index is 565. The predicted octanol–water partition coefficient (Wildman–Crippen LogP) is 2.94. The van der Waals surface area contributed by atoms with E-state index >= 15 is 0 Å². The average molecular weight is 254 g/mol. The maximum Gasteiger partial charge on any atom is 0.0888 e. The molecule has 19 heavy (non-hydrogen) atoms. The molecule has 2 heterocycles. The Morgan fingerprint density at radius 3 is 2.95 bits per heavy atom. The molecule has 2 unspecified atom stereocenters. The molecule has 3 heteroatoms. The molecule has 0 amide bonds. The SMILES string of the molecule is Cc1ccc(C(O)C2CCCc3cccnc32)cn1. The number of hydrogen-bond acceptors (Lipinski definition) is 3. The molecule has 0 spiro atoms. The molecule has 0 bridgehead atoms. The van der Waals surface area contributed by atoms with Gasteiger partial charge in [-0.15, -0.1) is 0 Å². The van der Waals surface area contributed by atoms with Crippen LogP contribution < -0.4 is 0 Å². The zero-order chi connectivity index (χ0) is 13.2. The van der Waals surface area contributed by atoms with Gasteiger partial charge in [0.25, 0.3) is 0 Å². The highest BCUT2D eigenvalue weighted by Crippen LogP contribution is 2.38. The van der Waals surface area contributed by atoms with E-state index < -0.39 is 6.10 Å². The van der Waals surface area contributed by atoms with Crippen molar-refractivity contribution in [1.29, 1.82) is 0 Å². The third-order valence-corrected chi connectivity index (χ3v) is 3.90. The van der Waals surface area contributed by atoms with E-state index in [-0.39, 0.29) is 5.92 Å². The van der Waals surface area contributed by atoms with Crippen LogP contribution in [0.5, 0.6) is 0 Å². The summed E-state index contributed by atoms with van der Waals surface area (Å²) >= 11 is 0. The second kappa shape index (κ2) is 5.10. The summed E-state index contributed by atoms with van der Waals surface area (Å²) in [6.07, 6.45) is 6.24. The van der Waals surface area contributed by atoms with E-state index in [2.05, 4.69) is 16.0 Å². The molecular weight excluding hydrogens is 236 g/mol. The molecule has 98 valence electrons. The molecular formula is C16H18N2O. The molecule has 1 aliphatic rings. The highest BCUT2D eigenvalue weighted by atomic mass is 16.3. The zero-order valence-corrected chi connectivity index (χ0v) is 11.1. The summed E-state index contributed by atoms with van der Waals surface area (Å²) < 4.78 is 0. The van der Waals surface area contributed by atoms with Gasteiger partial charge in [-0.2, -0.15) is 0 Å². The van der Waals surface area contributed by atoms with Crippen LogP contribution in [0.15, 0.2) is 36.7 Å². The molecule has 2 aromatic rings. The summed E-state index contributed by atoms with van der Waals surface area (Å²) in [5.41, 5.74) is 4.19. The lowest BCUT2D eigenvalue weighted by molar-refractivity contribution is 0.133. The fraction of sp³-hybridized carbons (Fsp3) is 0.375. The number of aliphatic hydroxyl groups is 1. The Kier molecular flexibility index (Phi) is 3.30. The van der Waals surface area contributed by atoms with Crippen molar-refractivity contribution in [1.82, 2.24) is 9.97 Å². The van der Waals surface area contributed by atoms with Crippen LogP contribution in [0.4, 0.5) is 0 Å². The molecule has 0 aromatic carbocycles. The largest absolute Gasteiger partial charge is 0.388 e. The van der Waals surface area contributed by atoms with Gasteiger partial charge in [0, 0.05) is 29.7 Å². The van der Waals surface area contributed by atoms with Gasteiger partial charge in [-0.1, -0.05) is 12.1 Å². The second-order valence-corrected chi connectivity index (χ2v) is 5.22. The van der Waals surface area contributed by atoms with Crippen molar-refractivity contribution in [2.75, 3.05) is 0 Å². The van der Waals surface area contributed by atoms with Crippen molar-refractivity contribution in [2.24, 2.45) is 0 Å². The quantitative estimate of drug-likeness (QED) is 0.896. The summed E-state index contributed by atoms with van der Waals surface area (Å²) in [6, 6.07) is 8.00. The molecule has 2 atom stereocenters. The summed E-state index contributed by atoms with van der Waals surface area (Å²) in [4.78, 5) is 8.76. The van der Waals surface area contributed by atoms with Gasteiger partial charge in [0.05, 0.1) is 6.10 Å². The van der Waals surface area contributed by atoms with E-state index in [1.807, 2.05) is 31.3 Å². The Hall–Kier alpha value is -1.74. The number of hydrogen-bond donors (Lipinski definition) is 1. The first-order chi connectivity index (χ1) is 9.25. The third kappa shape index (κ3) is 2.38. The summed E-state index contributed by atoms with van der Waals surface area (Å²) in [6.45, 7) is 1.95. The highest BCUT2D eigenvalue weighted by molar-refractivity contribution is 5.29. The maximum atomic E-state index is 10.6. The first kappa shape index (κ1) is 12.3. The average Bonchev–Trinajstić information content (AvgIpc) is 2.47. The van der Waals surface area contributed by atoms with Gasteiger partial charge in [0.2, 0.25) is 0 Å². The minimum absolute atomic E-state index is 0.0921. The Morgan fingerprint density at radius 1 is 1.26 bits per heavy atom. The van der Waals surface area contributed by atoms with Crippen LogP contribution in [0, 0.1) is 6.92 Å². The standard InChI is InChI=1S/C16H18N2O/c1-11-7-8-13(10-18-11)16(19)14-6-2-4-12-5-3-9-17-15(12)14/h3,5,7-10,14,16,19H,2,4,6H2,1H3. The fourth-order valence-electron chi connectivity index (χ4n) is 2.84. The zero-order valence-electron chi connectivity index (χ0n) is 11.1. The van der Waals surface area contributed by atoms with Crippen molar-refractivity contribution in [3.8, 4) is 0 Å². The minimum Gasteiger partial charge on any atom is -0.388 e. The Morgan fingerprint density at radius 2 is 2.16 bits per heavy atom. The molecule has 3 rings (SSSR count). The van der Waals surface area contributed by atoms with Crippen LogP contribution in [0.25, 0.3) is 0 Å². The fourth-order valence-corrected chi connectivity index (χ4v) is 2.84. The van der Waals surface area contributed by atoms with Crippen LogP contribution in [0.2, 0.25) is 0 Å². The van der Waals surface area contributed by atoms with Crippen molar-refractivity contribution < 1.29 is 5.11 Å². The molecule has 0 radical (unpaired) electrons. The number of nitrogens with zero attached hydrogens (tertiary/aromatic N) is 2. The lowest BCUT2D eigenvalue weighted by Crippen LogP contribution is -2.18. The minimum atomic E-state index is -0.512. The smallest absolute Gasteiger partial charge is 0.0888 e. The number of aryl methyl sites for hydroxylation is 2. The molecule has 3 nitrogen and oxygen atoms in total. The van der Waals surface area contributed by atoms with Gasteiger partial charge in [0.1, 0.15) is 0 Å². The third-order valence-electron chi connectivity index (χ3n) is 3.90. The van der Waals surface area contributed by atoms with Gasteiger partial charge in [-0.3, -0.25) is 9.97 Å². The van der Waals surface area contributed by atoms with Crippen LogP contribution in [0.3, 0.4) is 0 Å². The first-order valence-electron chi connectivity index (χ1n) is 6.80. The summed E-state index contributed by atoms with van der Waals surface area (Å²) in [5.74, 6) is 0.0921. The van der Waals surface area contributed by atoms with Gasteiger partial charge >= 0.3 is 0 Å². The number of rotatable bonds is 2. The maximum absolute atomic E-state index is 10.6. The van der Waals surface area contributed by atoms with Crippen molar-refractivity contribution >= 4 is 0 Å². The molecule has 1 aliphatic carbocycles. The molecule has 1 N–H and O–H groups in total. The molecule has 2 aromatic heterocycles. The Labute approximate surface area is 113 Å². The lowest BCUT2D eigenvalue weighted by atomic mass is 9.81. The van der Waals surface area contributed by atoms with Crippen molar-refractivity contribution in [3.63, 3.8) is 0 Å². The number of aromatic nitrogens is 2. The number of aliphatic hydroxyl groups excluding tert-OH is 1. The second-order valence-electron chi connectivity index (χ2n) is 5.22. The topological polar surface area (TPSA) is 46.0 Å². The van der Waals surface area contributed by atoms with Crippen LogP contribution in [0.1, 0.15) is 47.4 Å². The molecule has 0 aliphatic heterocycles. The normalized spacial score (nSPS) is 19.8. The van der Waals surface area contributed by atoms with E-state index in [1.54, 1.807) is 6.20 Å². The summed E-state index contributed by atoms with van der Waals surface area (Å²) in [7, 11) is 0. The van der Waals surface area contributed by atoms with E-state index in [0.717, 1.165) is 36.2 Å². The van der Waals surface area contributed by atoms with E-state index in [9.17, 15) is 5.11 Å². The molecule has 0 saturated heterocycles. The van der Waals surface area contributed by atoms with E-state index in [4.69, 9.17) is 0 Å². The van der Waals surface area contributed by atoms with Gasteiger partial charge in [-0.05, 0) is 49.4 Å². The molecule has 0 saturated carbocycles. The number of pyridine rings is 2. The first-order valence-corrected chi connectivity index (χ1v) is 6.80. The Balaban J connectivity index is 1.92. The highest BCUT2D eigenvalue weighted by Gasteiger charge is 2.28. The van der Waals surface area contributed by atoms with Gasteiger partial charge in [-0.25, -0.2) is 0 Å².